The predicted molar refractivity (Wildman–Crippen MR) is 137 cm³/mol. The minimum Gasteiger partial charge on any atom is -0.477 e. The van der Waals surface area contributed by atoms with Gasteiger partial charge in [0.2, 0.25) is 9.84 Å². The van der Waals surface area contributed by atoms with E-state index in [2.05, 4.69) is 6.92 Å². The van der Waals surface area contributed by atoms with Gasteiger partial charge in [-0.3, -0.25) is 0 Å². The molecule has 0 amide bonds. The lowest BCUT2D eigenvalue weighted by Crippen LogP contribution is -2.17. The van der Waals surface area contributed by atoms with Crippen molar-refractivity contribution in [3.63, 3.8) is 0 Å². The molecule has 5 nitrogen and oxygen atoms in total. The molecule has 0 radical (unpaired) electrons. The van der Waals surface area contributed by atoms with Crippen molar-refractivity contribution in [2.24, 2.45) is 0 Å². The Morgan fingerprint density at radius 1 is 0.848 bits per heavy atom. The van der Waals surface area contributed by atoms with Crippen molar-refractivity contribution in [1.29, 1.82) is 0 Å². The molecule has 0 aliphatic heterocycles. The second-order valence-corrected chi connectivity index (χ2v) is 10.3. The Kier molecular flexibility index (Phi) is 14.5. The summed E-state index contributed by atoms with van der Waals surface area (Å²) in [7, 11) is -4.11. The fraction of sp³-hybridized carbons (Fsp3) is 0.593. The summed E-state index contributed by atoms with van der Waals surface area (Å²) in [4.78, 5) is 13.7. The van der Waals surface area contributed by atoms with Gasteiger partial charge in [0, 0.05) is 13.1 Å². The minimum atomic E-state index is -4.11. The van der Waals surface area contributed by atoms with E-state index in [-0.39, 0.29) is 4.90 Å². The highest BCUT2D eigenvalue weighted by atomic mass is 32.2. The third-order valence-electron chi connectivity index (χ3n) is 5.91. The van der Waals surface area contributed by atoms with Crippen LogP contribution in [0.1, 0.15) is 91.4 Å². The first-order valence-electron chi connectivity index (χ1n) is 12.6. The molecule has 0 atom stereocenters. The second-order valence-electron chi connectivity index (χ2n) is 8.44. The number of hydrogen-bond acceptors (Lipinski definition) is 4. The minimum absolute atomic E-state index is 0.0132. The van der Waals surface area contributed by atoms with Crippen LogP contribution in [0, 0.1) is 0 Å². The molecule has 1 aromatic rings. The number of carbonyl (C=O) groups is 1. The quantitative estimate of drug-likeness (QED) is 0.140. The molecule has 0 heterocycles. The summed E-state index contributed by atoms with van der Waals surface area (Å²) in [5.41, 5.74) is 0.373. The Balaban J connectivity index is 2.94. The number of carboxylic acids is 1. The van der Waals surface area contributed by atoms with Gasteiger partial charge >= 0.3 is 5.97 Å². The summed E-state index contributed by atoms with van der Waals surface area (Å²) in [6.45, 7) is 7.79. The van der Waals surface area contributed by atoms with Crippen LogP contribution < -0.4 is 0 Å². The molecule has 0 spiro atoms. The molecular weight excluding hydrogens is 434 g/mol. The molecule has 0 unspecified atom stereocenters. The van der Waals surface area contributed by atoms with Gasteiger partial charge in [0.15, 0.2) is 4.91 Å². The Morgan fingerprint density at radius 2 is 1.36 bits per heavy atom. The number of hydrogen-bond donors (Lipinski definition) is 1. The van der Waals surface area contributed by atoms with Crippen molar-refractivity contribution in [3.8, 4) is 0 Å². The van der Waals surface area contributed by atoms with Crippen molar-refractivity contribution in [2.45, 2.75) is 96.3 Å². The molecule has 1 rings (SSSR count). The molecule has 0 aromatic heterocycles. The molecule has 0 saturated carbocycles. The number of unbranched alkanes of at least 4 members (excludes halogenated alkanes) is 9. The lowest BCUT2D eigenvalue weighted by atomic mass is 10.0. The van der Waals surface area contributed by atoms with E-state index in [1.807, 2.05) is 24.9 Å². The highest BCUT2D eigenvalue weighted by Gasteiger charge is 2.29. The molecule has 1 N–H and O–H groups in total. The van der Waals surface area contributed by atoms with Gasteiger partial charge in [-0.05, 0) is 56.7 Å². The first-order chi connectivity index (χ1) is 15.9. The fourth-order valence-electron chi connectivity index (χ4n) is 3.85. The average molecular weight is 478 g/mol. The summed E-state index contributed by atoms with van der Waals surface area (Å²) < 4.78 is 26.4. The number of benzene rings is 1. The van der Waals surface area contributed by atoms with E-state index < -0.39 is 20.7 Å². The van der Waals surface area contributed by atoms with Gasteiger partial charge in [-0.2, -0.15) is 0 Å². The van der Waals surface area contributed by atoms with E-state index in [9.17, 15) is 18.3 Å². The van der Waals surface area contributed by atoms with Crippen molar-refractivity contribution >= 4 is 15.8 Å². The highest BCUT2D eigenvalue weighted by Crippen LogP contribution is 2.26. The van der Waals surface area contributed by atoms with Gasteiger partial charge in [-0.1, -0.05) is 82.9 Å². The molecule has 33 heavy (non-hydrogen) atoms. The van der Waals surface area contributed by atoms with Crippen LogP contribution in [-0.4, -0.2) is 37.5 Å². The van der Waals surface area contributed by atoms with Crippen molar-refractivity contribution < 1.29 is 18.3 Å². The van der Waals surface area contributed by atoms with Gasteiger partial charge in [0.1, 0.15) is 0 Å². The Bertz CT molecular complexity index is 840. The summed E-state index contributed by atoms with van der Waals surface area (Å²) >= 11 is 0. The van der Waals surface area contributed by atoms with Gasteiger partial charge < -0.3 is 10.0 Å². The normalized spacial score (nSPS) is 12.7. The Labute approximate surface area is 201 Å². The van der Waals surface area contributed by atoms with E-state index in [1.165, 1.54) is 57.1 Å². The molecule has 1 aromatic carbocycles. The SMILES string of the molecule is CCCCCCCCCCCCC(C=CN(CC)CC)=C(C(=O)O)S(=O)(=O)c1ccccc1. The van der Waals surface area contributed by atoms with E-state index >= 15 is 0 Å². The molecule has 0 fully saturated rings. The second kappa shape index (κ2) is 16.5. The fourth-order valence-corrected chi connectivity index (χ4v) is 5.34. The van der Waals surface area contributed by atoms with Gasteiger partial charge in [-0.25, -0.2) is 13.2 Å². The molecule has 186 valence electrons. The molecular formula is C27H43NO4S. The molecule has 0 bridgehead atoms. The number of rotatable bonds is 18. The zero-order chi connectivity index (χ0) is 24.5. The first kappa shape index (κ1) is 29.0. The number of allylic oxidation sites excluding steroid dienone is 2. The zero-order valence-corrected chi connectivity index (χ0v) is 21.6. The number of aliphatic carboxylic acids is 1. The summed E-state index contributed by atoms with van der Waals surface area (Å²) in [6.07, 6.45) is 15.6. The summed E-state index contributed by atoms with van der Waals surface area (Å²) in [5, 5.41) is 9.90. The number of nitrogens with zero attached hydrogens (tertiary/aromatic N) is 1. The van der Waals surface area contributed by atoms with Gasteiger partial charge in [-0.15, -0.1) is 0 Å². The van der Waals surface area contributed by atoms with Gasteiger partial charge in [0.05, 0.1) is 4.90 Å². The van der Waals surface area contributed by atoms with Crippen LogP contribution in [-0.2, 0) is 14.6 Å². The average Bonchev–Trinajstić information content (AvgIpc) is 2.80. The maximum absolute atomic E-state index is 13.2. The first-order valence-corrected chi connectivity index (χ1v) is 14.1. The summed E-state index contributed by atoms with van der Waals surface area (Å²) in [5.74, 6) is -1.40. The van der Waals surface area contributed by atoms with E-state index in [1.54, 1.807) is 24.3 Å². The van der Waals surface area contributed by atoms with E-state index in [4.69, 9.17) is 0 Å². The smallest absolute Gasteiger partial charge is 0.348 e. The highest BCUT2D eigenvalue weighted by molar-refractivity contribution is 7.96. The van der Waals surface area contributed by atoms with Crippen molar-refractivity contribution in [2.75, 3.05) is 13.1 Å². The predicted octanol–water partition coefficient (Wildman–Crippen LogP) is 6.97. The topological polar surface area (TPSA) is 74.7 Å². The lowest BCUT2D eigenvalue weighted by Gasteiger charge is -2.16. The van der Waals surface area contributed by atoms with Crippen LogP contribution in [0.15, 0.2) is 58.0 Å². The molecule has 0 saturated heterocycles. The van der Waals surface area contributed by atoms with Crippen molar-refractivity contribution in [1.82, 2.24) is 4.90 Å². The molecule has 6 heteroatoms. The number of sulfone groups is 1. The maximum atomic E-state index is 13.2. The summed E-state index contributed by atoms with van der Waals surface area (Å²) in [6, 6.07) is 7.84. The van der Waals surface area contributed by atoms with E-state index in [0.717, 1.165) is 32.4 Å². The van der Waals surface area contributed by atoms with Crippen LogP contribution in [0.5, 0.6) is 0 Å². The Morgan fingerprint density at radius 3 is 1.85 bits per heavy atom. The monoisotopic (exact) mass is 477 g/mol. The van der Waals surface area contributed by atoms with Crippen LogP contribution in [0.3, 0.4) is 0 Å². The van der Waals surface area contributed by atoms with E-state index in [0.29, 0.717) is 12.0 Å². The largest absolute Gasteiger partial charge is 0.477 e. The lowest BCUT2D eigenvalue weighted by molar-refractivity contribution is -0.131. The third-order valence-corrected chi connectivity index (χ3v) is 7.77. The standard InChI is InChI=1S/C27H43NO4S/c1-4-7-8-9-10-11-12-13-14-16-19-24(22-23-28(5-2)6-3)26(27(29)30)33(31,32)25-20-17-15-18-21-25/h15,17-18,20-23H,4-14,16,19H2,1-3H3,(H,29,30). The zero-order valence-electron chi connectivity index (χ0n) is 20.8. The molecule has 0 aliphatic carbocycles. The van der Waals surface area contributed by atoms with Crippen LogP contribution in [0.2, 0.25) is 0 Å². The van der Waals surface area contributed by atoms with Crippen LogP contribution in [0.4, 0.5) is 0 Å². The third kappa shape index (κ3) is 10.6. The van der Waals surface area contributed by atoms with Gasteiger partial charge in [0.25, 0.3) is 0 Å². The van der Waals surface area contributed by atoms with Crippen LogP contribution >= 0.6 is 0 Å². The van der Waals surface area contributed by atoms with Crippen molar-refractivity contribution in [3.05, 3.63) is 53.1 Å². The molecule has 0 aliphatic rings. The Hall–Kier alpha value is -2.08. The maximum Gasteiger partial charge on any atom is 0.348 e. The van der Waals surface area contributed by atoms with Crippen LogP contribution in [0.25, 0.3) is 0 Å². The number of carboxylic acid groups (broad SMARTS) is 1.